The number of carbonyl (C=O) groups is 1. The summed E-state index contributed by atoms with van der Waals surface area (Å²) >= 11 is 0. The van der Waals surface area contributed by atoms with Gasteiger partial charge < -0.3 is 14.6 Å². The topological polar surface area (TPSA) is 43.3 Å². The Kier molecular flexibility index (Phi) is 4.33. The number of methoxy groups -OCH3 is 1. The molecule has 1 amide bonds. The quantitative estimate of drug-likeness (QED) is 0.787. The molecule has 1 heterocycles. The Morgan fingerprint density at radius 1 is 1.17 bits per heavy atom. The highest BCUT2D eigenvalue weighted by atomic mass is 16.5. The molecule has 0 aliphatic rings. The van der Waals surface area contributed by atoms with Crippen molar-refractivity contribution in [3.05, 3.63) is 65.9 Å². The molecule has 0 saturated heterocycles. The molecule has 3 rings (SSSR count). The van der Waals surface area contributed by atoms with Crippen molar-refractivity contribution in [3.8, 4) is 5.75 Å². The van der Waals surface area contributed by atoms with Crippen molar-refractivity contribution in [2.75, 3.05) is 7.11 Å². The molecular formula is C19H20N2O2. The van der Waals surface area contributed by atoms with E-state index in [2.05, 4.69) is 22.0 Å². The van der Waals surface area contributed by atoms with Crippen LogP contribution < -0.4 is 10.1 Å². The number of fused-ring (bicyclic) bond motifs is 1. The summed E-state index contributed by atoms with van der Waals surface area (Å²) in [6.07, 6.45) is 2.40. The van der Waals surface area contributed by atoms with Gasteiger partial charge in [-0.2, -0.15) is 0 Å². The van der Waals surface area contributed by atoms with E-state index in [1.807, 2.05) is 49.6 Å². The first-order valence-electron chi connectivity index (χ1n) is 7.60. The fourth-order valence-corrected chi connectivity index (χ4v) is 2.78. The fraction of sp³-hybridized carbons (Fsp3) is 0.211. The molecule has 0 atom stereocenters. The van der Waals surface area contributed by atoms with Gasteiger partial charge in [-0.1, -0.05) is 30.3 Å². The molecule has 118 valence electrons. The van der Waals surface area contributed by atoms with Gasteiger partial charge in [-0.15, -0.1) is 0 Å². The summed E-state index contributed by atoms with van der Waals surface area (Å²) < 4.78 is 7.25. The zero-order chi connectivity index (χ0) is 16.2. The molecule has 3 aromatic rings. The van der Waals surface area contributed by atoms with Gasteiger partial charge in [0.15, 0.2) is 0 Å². The van der Waals surface area contributed by atoms with Gasteiger partial charge in [-0.3, -0.25) is 4.79 Å². The summed E-state index contributed by atoms with van der Waals surface area (Å²) in [5.41, 5.74) is 3.21. The predicted octanol–water partition coefficient (Wildman–Crippen LogP) is 3.05. The largest absolute Gasteiger partial charge is 0.497 e. The van der Waals surface area contributed by atoms with Crippen molar-refractivity contribution < 1.29 is 9.53 Å². The SMILES string of the molecule is COc1cccc(CNC(=O)Cc2cn(C)c3ccccc23)c1. The van der Waals surface area contributed by atoms with Crippen molar-refractivity contribution in [2.24, 2.45) is 7.05 Å². The van der Waals surface area contributed by atoms with Gasteiger partial charge in [-0.25, -0.2) is 0 Å². The van der Waals surface area contributed by atoms with Crippen LogP contribution in [0.15, 0.2) is 54.7 Å². The lowest BCUT2D eigenvalue weighted by Gasteiger charge is -2.07. The Balaban J connectivity index is 1.67. The number of benzene rings is 2. The maximum atomic E-state index is 12.2. The Bertz CT molecular complexity index is 836. The van der Waals surface area contributed by atoms with Crippen LogP contribution in [0.2, 0.25) is 0 Å². The summed E-state index contributed by atoms with van der Waals surface area (Å²) in [6.45, 7) is 0.501. The molecular weight excluding hydrogens is 288 g/mol. The van der Waals surface area contributed by atoms with E-state index in [1.165, 1.54) is 0 Å². The van der Waals surface area contributed by atoms with Crippen LogP contribution in [0.5, 0.6) is 5.75 Å². The molecule has 0 bridgehead atoms. The summed E-state index contributed by atoms with van der Waals surface area (Å²) in [6, 6.07) is 15.8. The van der Waals surface area contributed by atoms with E-state index in [1.54, 1.807) is 7.11 Å². The number of nitrogens with one attached hydrogen (secondary N) is 1. The average Bonchev–Trinajstić information content (AvgIpc) is 2.89. The number of aromatic nitrogens is 1. The molecule has 1 aromatic heterocycles. The second kappa shape index (κ2) is 6.57. The van der Waals surface area contributed by atoms with Crippen LogP contribution in [0.4, 0.5) is 0 Å². The molecule has 0 aliphatic carbocycles. The predicted molar refractivity (Wildman–Crippen MR) is 91.5 cm³/mol. The molecule has 0 unspecified atom stereocenters. The third-order valence-corrected chi connectivity index (χ3v) is 3.95. The first kappa shape index (κ1) is 15.2. The summed E-state index contributed by atoms with van der Waals surface area (Å²) in [7, 11) is 3.64. The highest BCUT2D eigenvalue weighted by Crippen LogP contribution is 2.20. The Labute approximate surface area is 135 Å². The first-order chi connectivity index (χ1) is 11.2. The second-order valence-corrected chi connectivity index (χ2v) is 5.59. The number of para-hydroxylation sites is 1. The highest BCUT2D eigenvalue weighted by Gasteiger charge is 2.10. The van der Waals surface area contributed by atoms with Gasteiger partial charge >= 0.3 is 0 Å². The minimum atomic E-state index is 0.0178. The van der Waals surface area contributed by atoms with E-state index in [4.69, 9.17) is 4.74 Å². The summed E-state index contributed by atoms with van der Waals surface area (Å²) in [5, 5.41) is 4.10. The monoisotopic (exact) mass is 308 g/mol. The Morgan fingerprint density at radius 3 is 2.83 bits per heavy atom. The minimum absolute atomic E-state index is 0.0178. The summed E-state index contributed by atoms with van der Waals surface area (Å²) in [5.74, 6) is 0.815. The van der Waals surface area contributed by atoms with E-state index in [9.17, 15) is 4.79 Å². The van der Waals surface area contributed by atoms with Gasteiger partial charge in [0.2, 0.25) is 5.91 Å². The van der Waals surface area contributed by atoms with E-state index in [0.29, 0.717) is 13.0 Å². The lowest BCUT2D eigenvalue weighted by Crippen LogP contribution is -2.24. The molecule has 0 spiro atoms. The van der Waals surface area contributed by atoms with Crippen LogP contribution in [0.1, 0.15) is 11.1 Å². The smallest absolute Gasteiger partial charge is 0.224 e. The maximum absolute atomic E-state index is 12.2. The lowest BCUT2D eigenvalue weighted by atomic mass is 10.1. The highest BCUT2D eigenvalue weighted by molar-refractivity contribution is 5.89. The minimum Gasteiger partial charge on any atom is -0.497 e. The van der Waals surface area contributed by atoms with Crippen molar-refractivity contribution in [2.45, 2.75) is 13.0 Å². The number of hydrogen-bond donors (Lipinski definition) is 1. The molecule has 4 heteroatoms. The molecule has 1 N–H and O–H groups in total. The second-order valence-electron chi connectivity index (χ2n) is 5.59. The lowest BCUT2D eigenvalue weighted by molar-refractivity contribution is -0.120. The number of carbonyl (C=O) groups excluding carboxylic acids is 1. The van der Waals surface area contributed by atoms with Crippen LogP contribution >= 0.6 is 0 Å². The zero-order valence-corrected chi connectivity index (χ0v) is 13.4. The molecule has 0 aliphatic heterocycles. The van der Waals surface area contributed by atoms with E-state index in [0.717, 1.165) is 27.8 Å². The molecule has 2 aromatic carbocycles. The Hall–Kier alpha value is -2.75. The van der Waals surface area contributed by atoms with Gasteiger partial charge in [0.05, 0.1) is 13.5 Å². The first-order valence-corrected chi connectivity index (χ1v) is 7.60. The number of rotatable bonds is 5. The van der Waals surface area contributed by atoms with Crippen LogP contribution in [-0.4, -0.2) is 17.6 Å². The Morgan fingerprint density at radius 2 is 2.00 bits per heavy atom. The average molecular weight is 308 g/mol. The van der Waals surface area contributed by atoms with Crippen LogP contribution in [0.3, 0.4) is 0 Å². The fourth-order valence-electron chi connectivity index (χ4n) is 2.78. The standard InChI is InChI=1S/C19H20N2O2/c1-21-13-15(17-8-3-4-9-18(17)21)11-19(22)20-12-14-6-5-7-16(10-14)23-2/h3-10,13H,11-12H2,1-2H3,(H,20,22). The van der Waals surface area contributed by atoms with Crippen molar-refractivity contribution in [1.82, 2.24) is 9.88 Å². The number of ether oxygens (including phenoxy) is 1. The van der Waals surface area contributed by atoms with Gasteiger partial charge in [0.25, 0.3) is 0 Å². The van der Waals surface area contributed by atoms with E-state index >= 15 is 0 Å². The van der Waals surface area contributed by atoms with Crippen LogP contribution in [-0.2, 0) is 24.8 Å². The number of hydrogen-bond acceptors (Lipinski definition) is 2. The van der Waals surface area contributed by atoms with Crippen molar-refractivity contribution in [3.63, 3.8) is 0 Å². The summed E-state index contributed by atoms with van der Waals surface area (Å²) in [4.78, 5) is 12.2. The molecule has 23 heavy (non-hydrogen) atoms. The number of aryl methyl sites for hydroxylation is 1. The van der Waals surface area contributed by atoms with Gasteiger partial charge in [0, 0.05) is 30.7 Å². The molecule has 0 fully saturated rings. The van der Waals surface area contributed by atoms with Crippen LogP contribution in [0.25, 0.3) is 10.9 Å². The normalized spacial score (nSPS) is 10.7. The molecule has 0 saturated carbocycles. The number of nitrogens with zero attached hydrogens (tertiary/aromatic N) is 1. The van der Waals surface area contributed by atoms with Crippen molar-refractivity contribution >= 4 is 16.8 Å². The third-order valence-electron chi connectivity index (χ3n) is 3.95. The third kappa shape index (κ3) is 3.37. The molecule has 4 nitrogen and oxygen atoms in total. The van der Waals surface area contributed by atoms with E-state index in [-0.39, 0.29) is 5.91 Å². The number of amides is 1. The van der Waals surface area contributed by atoms with E-state index < -0.39 is 0 Å². The van der Waals surface area contributed by atoms with Crippen molar-refractivity contribution in [1.29, 1.82) is 0 Å². The zero-order valence-electron chi connectivity index (χ0n) is 13.4. The maximum Gasteiger partial charge on any atom is 0.224 e. The molecule has 0 radical (unpaired) electrons. The van der Waals surface area contributed by atoms with Crippen LogP contribution in [0, 0.1) is 0 Å². The van der Waals surface area contributed by atoms with Gasteiger partial charge in [-0.05, 0) is 29.3 Å². The van der Waals surface area contributed by atoms with Gasteiger partial charge in [0.1, 0.15) is 5.75 Å².